The number of nitrogens with zero attached hydrogens (tertiary/aromatic N) is 3. The quantitative estimate of drug-likeness (QED) is 0.897. The lowest BCUT2D eigenvalue weighted by Gasteiger charge is -2.15. The van der Waals surface area contributed by atoms with Gasteiger partial charge in [-0.2, -0.15) is 5.26 Å². The predicted octanol–water partition coefficient (Wildman–Crippen LogP) is 2.31. The Kier molecular flexibility index (Phi) is 3.02. The monoisotopic (exact) mass is 256 g/mol. The Morgan fingerprint density at radius 1 is 1.47 bits per heavy atom. The van der Waals surface area contributed by atoms with Crippen LogP contribution in [0.25, 0.3) is 5.69 Å². The van der Waals surface area contributed by atoms with Gasteiger partial charge >= 0.3 is 0 Å². The van der Waals surface area contributed by atoms with Crippen molar-refractivity contribution in [3.05, 3.63) is 47.8 Å². The summed E-state index contributed by atoms with van der Waals surface area (Å²) in [5.41, 5.74) is 1.57. The summed E-state index contributed by atoms with van der Waals surface area (Å²) < 4.78 is 15.5. The number of hydrogen-bond donors (Lipinski definition) is 1. The molecule has 1 saturated heterocycles. The molecule has 5 heteroatoms. The van der Waals surface area contributed by atoms with Gasteiger partial charge in [-0.15, -0.1) is 0 Å². The summed E-state index contributed by atoms with van der Waals surface area (Å²) in [5, 5.41) is 12.5. The molecule has 0 spiro atoms. The van der Waals surface area contributed by atoms with Gasteiger partial charge in [-0.1, -0.05) is 6.07 Å². The summed E-state index contributed by atoms with van der Waals surface area (Å²) in [6.07, 6.45) is 5.55. The fraction of sp³-hybridized carbons (Fsp3) is 0.286. The number of nitrogens with one attached hydrogen (secondary N) is 1. The van der Waals surface area contributed by atoms with E-state index in [9.17, 15) is 4.39 Å². The molecular formula is C14H13FN4. The van der Waals surface area contributed by atoms with Crippen molar-refractivity contribution in [3.63, 3.8) is 0 Å². The van der Waals surface area contributed by atoms with Crippen molar-refractivity contribution < 1.29 is 4.39 Å². The Balaban J connectivity index is 2.11. The highest BCUT2D eigenvalue weighted by Crippen LogP contribution is 2.26. The zero-order chi connectivity index (χ0) is 13.2. The second kappa shape index (κ2) is 4.82. The van der Waals surface area contributed by atoms with Gasteiger partial charge in [0.25, 0.3) is 0 Å². The molecule has 0 saturated carbocycles. The van der Waals surface area contributed by atoms with Crippen LogP contribution in [0.4, 0.5) is 4.39 Å². The maximum absolute atomic E-state index is 13.7. The van der Waals surface area contributed by atoms with E-state index in [4.69, 9.17) is 5.26 Å². The third-order valence-electron chi connectivity index (χ3n) is 3.45. The van der Waals surface area contributed by atoms with Crippen molar-refractivity contribution in [2.45, 2.75) is 18.9 Å². The van der Waals surface area contributed by atoms with Crippen LogP contribution in [0.3, 0.4) is 0 Å². The van der Waals surface area contributed by atoms with Gasteiger partial charge in [0, 0.05) is 6.04 Å². The normalized spacial score (nSPS) is 18.4. The molecule has 0 radical (unpaired) electrons. The maximum atomic E-state index is 13.7. The van der Waals surface area contributed by atoms with E-state index in [1.807, 2.05) is 6.07 Å². The summed E-state index contributed by atoms with van der Waals surface area (Å²) in [6.45, 7) is 0.976. The second-order valence-electron chi connectivity index (χ2n) is 4.58. The van der Waals surface area contributed by atoms with Crippen LogP contribution in [-0.2, 0) is 0 Å². The molecule has 0 aliphatic carbocycles. The molecule has 1 fully saturated rings. The molecule has 1 aromatic heterocycles. The molecule has 0 amide bonds. The summed E-state index contributed by atoms with van der Waals surface area (Å²) in [7, 11) is 0. The minimum Gasteiger partial charge on any atom is -0.309 e. The molecule has 0 unspecified atom stereocenters. The zero-order valence-corrected chi connectivity index (χ0v) is 10.3. The second-order valence-corrected chi connectivity index (χ2v) is 4.58. The van der Waals surface area contributed by atoms with Crippen LogP contribution in [0, 0.1) is 17.1 Å². The number of halogens is 1. The lowest BCUT2D eigenvalue weighted by atomic mass is 10.1. The fourth-order valence-electron chi connectivity index (χ4n) is 2.53. The molecule has 1 atom stereocenters. The van der Waals surface area contributed by atoms with E-state index < -0.39 is 5.82 Å². The van der Waals surface area contributed by atoms with Gasteiger partial charge in [0.1, 0.15) is 17.4 Å². The topological polar surface area (TPSA) is 53.6 Å². The summed E-state index contributed by atoms with van der Waals surface area (Å²) >= 11 is 0. The van der Waals surface area contributed by atoms with E-state index in [1.165, 1.54) is 6.07 Å². The lowest BCUT2D eigenvalue weighted by molar-refractivity contribution is 0.607. The van der Waals surface area contributed by atoms with E-state index in [0.29, 0.717) is 5.69 Å². The lowest BCUT2D eigenvalue weighted by Crippen LogP contribution is -2.16. The predicted molar refractivity (Wildman–Crippen MR) is 68.2 cm³/mol. The van der Waals surface area contributed by atoms with E-state index in [1.54, 1.807) is 29.2 Å². The van der Waals surface area contributed by atoms with Crippen LogP contribution in [-0.4, -0.2) is 16.1 Å². The average Bonchev–Trinajstić information content (AvgIpc) is 3.09. The standard InChI is InChI=1S/C14H13FN4/c15-11-3-1-5-13(10(11)7-16)19-9-17-8-14(19)12-4-2-6-18-12/h1,3,5,8-9,12,18H,2,4,6H2/t12-/m0/s1. The first-order valence-electron chi connectivity index (χ1n) is 6.26. The molecule has 1 N–H and O–H groups in total. The van der Waals surface area contributed by atoms with Crippen molar-refractivity contribution in [2.75, 3.05) is 6.54 Å². The number of hydrogen-bond acceptors (Lipinski definition) is 3. The number of nitriles is 1. The molecule has 2 aromatic rings. The van der Waals surface area contributed by atoms with E-state index in [0.717, 1.165) is 25.1 Å². The van der Waals surface area contributed by atoms with Crippen molar-refractivity contribution >= 4 is 0 Å². The molecule has 2 heterocycles. The van der Waals surface area contributed by atoms with Gasteiger partial charge in [-0.05, 0) is 31.5 Å². The number of aromatic nitrogens is 2. The van der Waals surface area contributed by atoms with Gasteiger partial charge in [0.05, 0.1) is 23.9 Å². The van der Waals surface area contributed by atoms with Crippen LogP contribution in [0.2, 0.25) is 0 Å². The average molecular weight is 256 g/mol. The largest absolute Gasteiger partial charge is 0.309 e. The van der Waals surface area contributed by atoms with Crippen molar-refractivity contribution in [2.24, 2.45) is 0 Å². The van der Waals surface area contributed by atoms with Crippen molar-refractivity contribution in [1.82, 2.24) is 14.9 Å². The Morgan fingerprint density at radius 2 is 2.37 bits per heavy atom. The van der Waals surface area contributed by atoms with Crippen LogP contribution in [0.15, 0.2) is 30.7 Å². The highest BCUT2D eigenvalue weighted by Gasteiger charge is 2.21. The van der Waals surface area contributed by atoms with Crippen molar-refractivity contribution in [1.29, 1.82) is 5.26 Å². The van der Waals surface area contributed by atoms with Crippen LogP contribution in [0.5, 0.6) is 0 Å². The minimum absolute atomic E-state index is 0.0553. The third kappa shape index (κ3) is 2.00. The maximum Gasteiger partial charge on any atom is 0.143 e. The number of rotatable bonds is 2. The molecule has 96 valence electrons. The molecular weight excluding hydrogens is 243 g/mol. The van der Waals surface area contributed by atoms with E-state index in [2.05, 4.69) is 10.3 Å². The van der Waals surface area contributed by atoms with Gasteiger partial charge in [-0.25, -0.2) is 9.37 Å². The molecule has 19 heavy (non-hydrogen) atoms. The fourth-order valence-corrected chi connectivity index (χ4v) is 2.53. The molecule has 1 aliphatic heterocycles. The Bertz CT molecular complexity index is 635. The first-order chi connectivity index (χ1) is 9.31. The Morgan fingerprint density at radius 3 is 3.11 bits per heavy atom. The SMILES string of the molecule is N#Cc1c(F)cccc1-n1cncc1[C@@H]1CCCN1. The molecule has 3 rings (SSSR count). The first-order valence-corrected chi connectivity index (χ1v) is 6.26. The first kappa shape index (κ1) is 11.9. The van der Waals surface area contributed by atoms with Crippen molar-refractivity contribution in [3.8, 4) is 11.8 Å². The molecule has 1 aromatic carbocycles. The summed E-state index contributed by atoms with van der Waals surface area (Å²) in [6, 6.07) is 6.79. The van der Waals surface area contributed by atoms with Gasteiger partial charge in [0.2, 0.25) is 0 Å². The minimum atomic E-state index is -0.501. The molecule has 4 nitrogen and oxygen atoms in total. The molecule has 0 bridgehead atoms. The summed E-state index contributed by atoms with van der Waals surface area (Å²) in [5.74, 6) is -0.501. The van der Waals surface area contributed by atoms with E-state index in [-0.39, 0.29) is 11.6 Å². The third-order valence-corrected chi connectivity index (χ3v) is 3.45. The Hall–Kier alpha value is -2.19. The van der Waals surface area contributed by atoms with E-state index >= 15 is 0 Å². The van der Waals surface area contributed by atoms with Crippen LogP contribution >= 0.6 is 0 Å². The highest BCUT2D eigenvalue weighted by molar-refractivity contribution is 5.50. The number of imidazole rings is 1. The van der Waals surface area contributed by atoms with Gasteiger partial charge in [0.15, 0.2) is 0 Å². The van der Waals surface area contributed by atoms with Crippen LogP contribution in [0.1, 0.15) is 30.1 Å². The Labute approximate surface area is 110 Å². The van der Waals surface area contributed by atoms with Crippen LogP contribution < -0.4 is 5.32 Å². The number of benzene rings is 1. The highest BCUT2D eigenvalue weighted by atomic mass is 19.1. The molecule has 1 aliphatic rings. The van der Waals surface area contributed by atoms with Gasteiger partial charge in [-0.3, -0.25) is 0 Å². The van der Waals surface area contributed by atoms with Gasteiger partial charge < -0.3 is 9.88 Å². The summed E-state index contributed by atoms with van der Waals surface area (Å²) in [4.78, 5) is 4.14. The smallest absolute Gasteiger partial charge is 0.143 e. The zero-order valence-electron chi connectivity index (χ0n) is 10.3.